The van der Waals surface area contributed by atoms with E-state index in [-0.39, 0.29) is 5.82 Å². The highest BCUT2D eigenvalue weighted by Crippen LogP contribution is 2.38. The van der Waals surface area contributed by atoms with Crippen molar-refractivity contribution in [3.05, 3.63) is 62.4 Å². The van der Waals surface area contributed by atoms with Crippen LogP contribution in [-0.2, 0) is 0 Å². The average molecular weight is 352 g/mol. The van der Waals surface area contributed by atoms with Gasteiger partial charge >= 0.3 is 0 Å². The summed E-state index contributed by atoms with van der Waals surface area (Å²) in [5.74, 6) is 0.510. The zero-order valence-electron chi connectivity index (χ0n) is 12.6. The van der Waals surface area contributed by atoms with Crippen molar-refractivity contribution in [2.45, 2.75) is 26.8 Å². The van der Waals surface area contributed by atoms with Gasteiger partial charge in [0.25, 0.3) is 0 Å². The second kappa shape index (κ2) is 6.16. The third kappa shape index (κ3) is 2.97. The molecule has 0 heterocycles. The molecule has 2 nitrogen and oxygen atoms in total. The van der Waals surface area contributed by atoms with Crippen LogP contribution in [0.5, 0.6) is 5.75 Å². The molecule has 0 aliphatic heterocycles. The fourth-order valence-corrected chi connectivity index (χ4v) is 3.05. The summed E-state index contributed by atoms with van der Waals surface area (Å²) in [5.41, 5.74) is 10.6. The predicted octanol–water partition coefficient (Wildman–Crippen LogP) is 4.57. The molecule has 0 aromatic heterocycles. The summed E-state index contributed by atoms with van der Waals surface area (Å²) in [6, 6.07) is 6.66. The first-order valence-corrected chi connectivity index (χ1v) is 7.51. The molecule has 2 N–H and O–H groups in total. The minimum absolute atomic E-state index is 0.244. The first kappa shape index (κ1) is 16.0. The Labute approximate surface area is 133 Å². The molecule has 0 saturated carbocycles. The maximum atomic E-state index is 13.8. The average Bonchev–Trinajstić information content (AvgIpc) is 2.44. The minimum atomic E-state index is -0.439. The topological polar surface area (TPSA) is 35.2 Å². The van der Waals surface area contributed by atoms with E-state index >= 15 is 0 Å². The van der Waals surface area contributed by atoms with Crippen molar-refractivity contribution in [2.75, 3.05) is 7.11 Å². The van der Waals surface area contributed by atoms with Crippen LogP contribution in [0.3, 0.4) is 0 Å². The molecule has 0 spiro atoms. The Hall–Kier alpha value is -1.39. The highest BCUT2D eigenvalue weighted by atomic mass is 79.9. The molecule has 2 rings (SSSR count). The first-order chi connectivity index (χ1) is 9.86. The van der Waals surface area contributed by atoms with E-state index in [1.165, 1.54) is 6.07 Å². The van der Waals surface area contributed by atoms with Gasteiger partial charge in [-0.15, -0.1) is 0 Å². The standard InChI is InChI=1S/C17H19BrFNO/c1-9-5-6-12(8-14(9)19)16(20)15-11(3)13(18)7-10(2)17(15)21-4/h5-8,16H,20H2,1-4H3. The summed E-state index contributed by atoms with van der Waals surface area (Å²) in [6.45, 7) is 5.68. The highest BCUT2D eigenvalue weighted by Gasteiger charge is 2.21. The lowest BCUT2D eigenvalue weighted by Crippen LogP contribution is -2.16. The van der Waals surface area contributed by atoms with Crippen molar-refractivity contribution in [1.82, 2.24) is 0 Å². The molecule has 21 heavy (non-hydrogen) atoms. The summed E-state index contributed by atoms with van der Waals surface area (Å²) in [5, 5.41) is 0. The van der Waals surface area contributed by atoms with Gasteiger partial charge < -0.3 is 10.5 Å². The van der Waals surface area contributed by atoms with Gasteiger partial charge in [0, 0.05) is 10.0 Å². The van der Waals surface area contributed by atoms with Crippen LogP contribution in [0.15, 0.2) is 28.7 Å². The zero-order chi connectivity index (χ0) is 15.7. The van der Waals surface area contributed by atoms with Gasteiger partial charge in [0.05, 0.1) is 13.2 Å². The molecular formula is C17H19BrFNO. The van der Waals surface area contributed by atoms with Gasteiger partial charge in [-0.3, -0.25) is 0 Å². The van der Waals surface area contributed by atoms with Gasteiger partial charge in [-0.25, -0.2) is 4.39 Å². The number of ether oxygens (including phenoxy) is 1. The molecule has 0 radical (unpaired) electrons. The lowest BCUT2D eigenvalue weighted by molar-refractivity contribution is 0.404. The van der Waals surface area contributed by atoms with Crippen LogP contribution in [0.1, 0.15) is 33.9 Å². The fourth-order valence-electron chi connectivity index (χ4n) is 2.49. The van der Waals surface area contributed by atoms with E-state index in [1.54, 1.807) is 20.1 Å². The zero-order valence-corrected chi connectivity index (χ0v) is 14.2. The maximum Gasteiger partial charge on any atom is 0.127 e. The van der Waals surface area contributed by atoms with Crippen LogP contribution >= 0.6 is 15.9 Å². The molecule has 2 aromatic carbocycles. The molecule has 0 amide bonds. The number of rotatable bonds is 3. The minimum Gasteiger partial charge on any atom is -0.496 e. The SMILES string of the molecule is COc1c(C)cc(Br)c(C)c1C(N)c1ccc(C)c(F)c1. The van der Waals surface area contributed by atoms with Crippen LogP contribution in [-0.4, -0.2) is 7.11 Å². The number of halogens is 2. The summed E-state index contributed by atoms with van der Waals surface area (Å²) in [4.78, 5) is 0. The van der Waals surface area contributed by atoms with Crippen LogP contribution in [0.25, 0.3) is 0 Å². The molecule has 0 aliphatic rings. The molecule has 4 heteroatoms. The Morgan fingerprint density at radius 2 is 1.81 bits per heavy atom. The molecule has 2 aromatic rings. The monoisotopic (exact) mass is 351 g/mol. The van der Waals surface area contributed by atoms with Crippen molar-refractivity contribution < 1.29 is 9.13 Å². The Balaban J connectivity index is 2.62. The summed E-state index contributed by atoms with van der Waals surface area (Å²) in [7, 11) is 1.63. The number of nitrogens with two attached hydrogens (primary N) is 1. The Morgan fingerprint density at radius 1 is 1.14 bits per heavy atom. The van der Waals surface area contributed by atoms with Gasteiger partial charge in [-0.1, -0.05) is 28.1 Å². The molecule has 0 saturated heterocycles. The van der Waals surface area contributed by atoms with E-state index in [4.69, 9.17) is 10.5 Å². The Bertz CT molecular complexity index is 685. The number of aryl methyl sites for hydroxylation is 2. The number of hydrogen-bond donors (Lipinski definition) is 1. The maximum absolute atomic E-state index is 13.8. The van der Waals surface area contributed by atoms with Gasteiger partial charge in [0.2, 0.25) is 0 Å². The third-order valence-electron chi connectivity index (χ3n) is 3.78. The molecule has 112 valence electrons. The van der Waals surface area contributed by atoms with Crippen LogP contribution in [0, 0.1) is 26.6 Å². The molecule has 0 bridgehead atoms. The second-order valence-electron chi connectivity index (χ2n) is 5.23. The van der Waals surface area contributed by atoms with Crippen molar-refractivity contribution in [3.63, 3.8) is 0 Å². The van der Waals surface area contributed by atoms with Crippen molar-refractivity contribution in [1.29, 1.82) is 0 Å². The summed E-state index contributed by atoms with van der Waals surface area (Å²) in [6.07, 6.45) is 0. The first-order valence-electron chi connectivity index (χ1n) is 6.72. The lowest BCUT2D eigenvalue weighted by atomic mass is 9.92. The molecular weight excluding hydrogens is 333 g/mol. The van der Waals surface area contributed by atoms with Crippen LogP contribution < -0.4 is 10.5 Å². The van der Waals surface area contributed by atoms with E-state index in [9.17, 15) is 4.39 Å². The molecule has 0 fully saturated rings. The van der Waals surface area contributed by atoms with E-state index in [1.807, 2.05) is 26.0 Å². The third-order valence-corrected chi connectivity index (χ3v) is 4.60. The predicted molar refractivity (Wildman–Crippen MR) is 87.3 cm³/mol. The van der Waals surface area contributed by atoms with Crippen molar-refractivity contribution >= 4 is 15.9 Å². The van der Waals surface area contributed by atoms with Gasteiger partial charge in [-0.2, -0.15) is 0 Å². The second-order valence-corrected chi connectivity index (χ2v) is 6.09. The van der Waals surface area contributed by atoms with E-state index in [2.05, 4.69) is 15.9 Å². The summed E-state index contributed by atoms with van der Waals surface area (Å²) >= 11 is 3.54. The van der Waals surface area contributed by atoms with E-state index in [0.29, 0.717) is 5.56 Å². The highest BCUT2D eigenvalue weighted by molar-refractivity contribution is 9.10. The Kier molecular flexibility index (Phi) is 4.69. The van der Waals surface area contributed by atoms with Crippen molar-refractivity contribution in [2.24, 2.45) is 5.73 Å². The Morgan fingerprint density at radius 3 is 2.38 bits per heavy atom. The number of benzene rings is 2. The van der Waals surface area contributed by atoms with E-state index in [0.717, 1.165) is 32.5 Å². The van der Waals surface area contributed by atoms with E-state index < -0.39 is 6.04 Å². The summed E-state index contributed by atoms with van der Waals surface area (Å²) < 4.78 is 20.3. The normalized spacial score (nSPS) is 12.3. The van der Waals surface area contributed by atoms with Gasteiger partial charge in [0.15, 0.2) is 0 Å². The molecule has 0 aliphatic carbocycles. The van der Waals surface area contributed by atoms with Crippen LogP contribution in [0.2, 0.25) is 0 Å². The fraction of sp³-hybridized carbons (Fsp3) is 0.294. The van der Waals surface area contributed by atoms with Crippen molar-refractivity contribution in [3.8, 4) is 5.75 Å². The van der Waals surface area contributed by atoms with Gasteiger partial charge in [-0.05, 0) is 55.2 Å². The lowest BCUT2D eigenvalue weighted by Gasteiger charge is -2.21. The number of methoxy groups -OCH3 is 1. The van der Waals surface area contributed by atoms with Gasteiger partial charge in [0.1, 0.15) is 11.6 Å². The quantitative estimate of drug-likeness (QED) is 0.878. The largest absolute Gasteiger partial charge is 0.496 e. The molecule has 1 atom stereocenters. The van der Waals surface area contributed by atoms with Crippen LogP contribution in [0.4, 0.5) is 4.39 Å². The smallest absolute Gasteiger partial charge is 0.127 e. The number of hydrogen-bond acceptors (Lipinski definition) is 2. The molecule has 1 unspecified atom stereocenters.